The number of halogens is 1. The lowest BCUT2D eigenvalue weighted by Crippen LogP contribution is -2.44. The number of nitrogens with one attached hydrogen (secondary N) is 1. The van der Waals surface area contributed by atoms with E-state index in [1.54, 1.807) is 0 Å². The number of hydrogen-bond donors (Lipinski definition) is 1. The Morgan fingerprint density at radius 3 is 2.67 bits per heavy atom. The molecule has 1 saturated heterocycles. The molecule has 0 amide bonds. The smallest absolute Gasteiger partial charge is 0.0413 e. The predicted octanol–water partition coefficient (Wildman–Crippen LogP) is 4.56. The third-order valence-corrected chi connectivity index (χ3v) is 5.15. The Morgan fingerprint density at radius 2 is 2.05 bits per heavy atom. The third-order valence-electron chi connectivity index (χ3n) is 3.62. The molecule has 0 bridgehead atoms. The maximum atomic E-state index is 6.21. The summed E-state index contributed by atoms with van der Waals surface area (Å²) in [7, 11) is 0. The van der Waals surface area contributed by atoms with Gasteiger partial charge in [-0.05, 0) is 58.4 Å². The molecule has 0 radical (unpaired) electrons. The van der Waals surface area contributed by atoms with Crippen molar-refractivity contribution in [3.05, 3.63) is 28.8 Å². The van der Waals surface area contributed by atoms with Crippen molar-refractivity contribution in [1.82, 2.24) is 5.32 Å². The highest BCUT2D eigenvalue weighted by molar-refractivity contribution is 8.00. The van der Waals surface area contributed by atoms with E-state index in [0.29, 0.717) is 4.75 Å². The van der Waals surface area contributed by atoms with Crippen LogP contribution in [-0.4, -0.2) is 29.1 Å². The van der Waals surface area contributed by atoms with Crippen molar-refractivity contribution >= 4 is 29.1 Å². The van der Waals surface area contributed by atoms with Crippen LogP contribution in [-0.2, 0) is 6.54 Å². The maximum Gasteiger partial charge on any atom is 0.0413 e. The van der Waals surface area contributed by atoms with Gasteiger partial charge in [0.25, 0.3) is 0 Å². The van der Waals surface area contributed by atoms with Gasteiger partial charge in [-0.2, -0.15) is 11.8 Å². The van der Waals surface area contributed by atoms with E-state index in [0.717, 1.165) is 24.7 Å². The van der Waals surface area contributed by atoms with Crippen LogP contribution in [0.2, 0.25) is 5.02 Å². The van der Waals surface area contributed by atoms with Crippen LogP contribution in [0.1, 0.15) is 40.2 Å². The second-order valence-electron chi connectivity index (χ2n) is 7.41. The highest BCUT2D eigenvalue weighted by Crippen LogP contribution is 2.34. The second-order valence-corrected chi connectivity index (χ2v) is 9.64. The van der Waals surface area contributed by atoms with Gasteiger partial charge in [0.2, 0.25) is 0 Å². The Hall–Kier alpha value is -0.380. The number of benzene rings is 1. The molecule has 4 heteroatoms. The molecule has 1 aliphatic heterocycles. The van der Waals surface area contributed by atoms with E-state index in [1.807, 2.05) is 6.07 Å². The highest BCUT2D eigenvalue weighted by Gasteiger charge is 2.28. The van der Waals surface area contributed by atoms with Gasteiger partial charge in [0.1, 0.15) is 0 Å². The van der Waals surface area contributed by atoms with Crippen LogP contribution in [0.4, 0.5) is 5.69 Å². The molecule has 2 rings (SSSR count). The monoisotopic (exact) mass is 326 g/mol. The molecule has 0 atom stereocenters. The first-order valence-electron chi connectivity index (χ1n) is 7.59. The van der Waals surface area contributed by atoms with E-state index in [1.165, 1.54) is 17.0 Å². The minimum atomic E-state index is 0.108. The van der Waals surface area contributed by atoms with Gasteiger partial charge in [-0.1, -0.05) is 11.6 Å². The van der Waals surface area contributed by atoms with Crippen LogP contribution in [0.15, 0.2) is 18.2 Å². The van der Waals surface area contributed by atoms with Crippen molar-refractivity contribution in [1.29, 1.82) is 0 Å². The Bertz CT molecular complexity index is 494. The van der Waals surface area contributed by atoms with Gasteiger partial charge in [0, 0.05) is 46.4 Å². The molecule has 0 aromatic heterocycles. The molecular formula is C17H27ClN2S. The Kier molecular flexibility index (Phi) is 5.17. The topological polar surface area (TPSA) is 15.3 Å². The largest absolute Gasteiger partial charge is 0.369 e. The van der Waals surface area contributed by atoms with Gasteiger partial charge in [-0.3, -0.25) is 0 Å². The number of nitrogens with zero attached hydrogens (tertiary/aromatic N) is 1. The summed E-state index contributed by atoms with van der Waals surface area (Å²) < 4.78 is 0.312. The van der Waals surface area contributed by atoms with Crippen molar-refractivity contribution in [2.24, 2.45) is 0 Å². The summed E-state index contributed by atoms with van der Waals surface area (Å²) in [6.45, 7) is 14.3. The molecule has 21 heavy (non-hydrogen) atoms. The van der Waals surface area contributed by atoms with Gasteiger partial charge in [-0.15, -0.1) is 0 Å². The van der Waals surface area contributed by atoms with Crippen LogP contribution >= 0.6 is 23.4 Å². The first-order chi connectivity index (χ1) is 9.66. The zero-order valence-electron chi connectivity index (χ0n) is 13.8. The van der Waals surface area contributed by atoms with Crippen molar-refractivity contribution < 1.29 is 0 Å². The van der Waals surface area contributed by atoms with Crippen molar-refractivity contribution in [2.75, 3.05) is 23.7 Å². The number of hydrogen-bond acceptors (Lipinski definition) is 3. The average Bonchev–Trinajstić information content (AvgIpc) is 2.34. The zero-order valence-corrected chi connectivity index (χ0v) is 15.4. The summed E-state index contributed by atoms with van der Waals surface area (Å²) in [6, 6.07) is 6.28. The van der Waals surface area contributed by atoms with E-state index in [-0.39, 0.29) is 5.54 Å². The Labute approximate surface area is 138 Å². The Balaban J connectivity index is 2.22. The fourth-order valence-electron chi connectivity index (χ4n) is 2.59. The highest BCUT2D eigenvalue weighted by atomic mass is 35.5. The van der Waals surface area contributed by atoms with E-state index >= 15 is 0 Å². The van der Waals surface area contributed by atoms with Gasteiger partial charge in [0.15, 0.2) is 0 Å². The third kappa shape index (κ3) is 5.08. The SMILES string of the molecule is CC(C)(C)NCc1cc(Cl)ccc1N1CCSC(C)(C)C1. The van der Waals surface area contributed by atoms with Gasteiger partial charge in [-0.25, -0.2) is 0 Å². The lowest BCUT2D eigenvalue weighted by molar-refractivity contribution is 0.424. The standard InChI is InChI=1S/C17H27ClN2S/c1-16(2,3)19-11-13-10-14(18)6-7-15(13)20-8-9-21-17(4,5)12-20/h6-7,10,19H,8-9,11-12H2,1-5H3. The van der Waals surface area contributed by atoms with Crippen LogP contribution in [0, 0.1) is 0 Å². The fourth-order valence-corrected chi connectivity index (χ4v) is 3.89. The van der Waals surface area contributed by atoms with Crippen LogP contribution in [0.5, 0.6) is 0 Å². The van der Waals surface area contributed by atoms with E-state index < -0.39 is 0 Å². The molecule has 1 fully saturated rings. The molecule has 1 aromatic rings. The fraction of sp³-hybridized carbons (Fsp3) is 0.647. The molecular weight excluding hydrogens is 300 g/mol. The summed E-state index contributed by atoms with van der Waals surface area (Å²) in [5.41, 5.74) is 2.72. The molecule has 0 spiro atoms. The molecule has 1 aromatic carbocycles. The number of thioether (sulfide) groups is 1. The van der Waals surface area contributed by atoms with Gasteiger partial charge >= 0.3 is 0 Å². The van der Waals surface area contributed by atoms with E-state index in [2.05, 4.69) is 68.7 Å². The van der Waals surface area contributed by atoms with Crippen LogP contribution < -0.4 is 10.2 Å². The van der Waals surface area contributed by atoms with Crippen molar-refractivity contribution in [3.63, 3.8) is 0 Å². The molecule has 1 N–H and O–H groups in total. The average molecular weight is 327 g/mol. The molecule has 1 heterocycles. The van der Waals surface area contributed by atoms with Crippen molar-refractivity contribution in [2.45, 2.75) is 51.4 Å². The molecule has 0 aliphatic carbocycles. The quantitative estimate of drug-likeness (QED) is 0.876. The minimum absolute atomic E-state index is 0.108. The van der Waals surface area contributed by atoms with Gasteiger partial charge in [0.05, 0.1) is 0 Å². The summed E-state index contributed by atoms with van der Waals surface area (Å²) in [6.07, 6.45) is 0. The Morgan fingerprint density at radius 1 is 1.33 bits per heavy atom. The summed E-state index contributed by atoms with van der Waals surface area (Å²) in [4.78, 5) is 2.51. The molecule has 118 valence electrons. The molecule has 2 nitrogen and oxygen atoms in total. The van der Waals surface area contributed by atoms with E-state index in [9.17, 15) is 0 Å². The summed E-state index contributed by atoms with van der Waals surface area (Å²) in [5, 5.41) is 4.39. The first-order valence-corrected chi connectivity index (χ1v) is 8.95. The van der Waals surface area contributed by atoms with Crippen LogP contribution in [0.25, 0.3) is 0 Å². The number of rotatable bonds is 3. The minimum Gasteiger partial charge on any atom is -0.369 e. The van der Waals surface area contributed by atoms with Gasteiger partial charge < -0.3 is 10.2 Å². The summed E-state index contributed by atoms with van der Waals surface area (Å²) >= 11 is 8.27. The lowest BCUT2D eigenvalue weighted by atomic mass is 10.1. The molecule has 0 saturated carbocycles. The summed E-state index contributed by atoms with van der Waals surface area (Å²) in [5.74, 6) is 1.18. The normalized spacial score (nSPS) is 18.9. The predicted molar refractivity (Wildman–Crippen MR) is 96.8 cm³/mol. The zero-order chi connectivity index (χ0) is 15.7. The lowest BCUT2D eigenvalue weighted by Gasteiger charge is -2.40. The first kappa shape index (κ1) is 17.0. The molecule has 1 aliphatic rings. The van der Waals surface area contributed by atoms with Crippen LogP contribution in [0.3, 0.4) is 0 Å². The maximum absolute atomic E-state index is 6.21. The molecule has 0 unspecified atom stereocenters. The van der Waals surface area contributed by atoms with Crippen molar-refractivity contribution in [3.8, 4) is 0 Å². The second kappa shape index (κ2) is 6.39. The van der Waals surface area contributed by atoms with E-state index in [4.69, 9.17) is 11.6 Å². The number of anilines is 1.